The standard InChI is InChI=1S/C26H25ClF3N5O/c1-14-7-9-20(15(2)32-14)26(36,22-13-31-34-35(22)3)17-8-10-21-18(11-17)23(27)19(12-25(28,29)30)24(33-21)16-5-4-6-16/h7-11,13,16,36H,4-6,12H2,1-3H3. The Balaban J connectivity index is 1.76. The van der Waals surface area contributed by atoms with Crippen LogP contribution in [0.1, 0.15) is 64.6 Å². The van der Waals surface area contributed by atoms with E-state index in [-0.39, 0.29) is 16.5 Å². The first-order chi connectivity index (χ1) is 17.0. The third kappa shape index (κ3) is 4.14. The Morgan fingerprint density at radius 2 is 1.86 bits per heavy atom. The Morgan fingerprint density at radius 1 is 1.11 bits per heavy atom. The average Bonchev–Trinajstić information content (AvgIpc) is 3.20. The molecule has 0 bridgehead atoms. The summed E-state index contributed by atoms with van der Waals surface area (Å²) in [6.45, 7) is 3.64. The van der Waals surface area contributed by atoms with Crippen LogP contribution in [0, 0.1) is 13.8 Å². The van der Waals surface area contributed by atoms with Crippen molar-refractivity contribution in [3.8, 4) is 0 Å². The smallest absolute Gasteiger partial charge is 0.374 e. The van der Waals surface area contributed by atoms with Gasteiger partial charge in [-0.15, -0.1) is 5.10 Å². The summed E-state index contributed by atoms with van der Waals surface area (Å²) in [7, 11) is 1.66. The van der Waals surface area contributed by atoms with Crippen LogP contribution in [0.25, 0.3) is 10.9 Å². The summed E-state index contributed by atoms with van der Waals surface area (Å²) in [5, 5.41) is 20.6. The molecule has 1 fully saturated rings. The summed E-state index contributed by atoms with van der Waals surface area (Å²) in [5.74, 6) is -0.0253. The zero-order chi connectivity index (χ0) is 25.8. The molecule has 1 aromatic carbocycles. The lowest BCUT2D eigenvalue weighted by molar-refractivity contribution is -0.127. The summed E-state index contributed by atoms with van der Waals surface area (Å²) in [5.41, 5.74) is 1.84. The molecule has 3 heterocycles. The topological polar surface area (TPSA) is 76.7 Å². The molecule has 1 N–H and O–H groups in total. The molecule has 1 aliphatic carbocycles. The Bertz CT molecular complexity index is 1460. The van der Waals surface area contributed by atoms with Crippen LogP contribution in [0.3, 0.4) is 0 Å². The Morgan fingerprint density at radius 3 is 2.44 bits per heavy atom. The van der Waals surface area contributed by atoms with Crippen molar-refractivity contribution in [1.29, 1.82) is 0 Å². The van der Waals surface area contributed by atoms with E-state index in [0.717, 1.165) is 25.0 Å². The van der Waals surface area contributed by atoms with Crippen LogP contribution in [-0.2, 0) is 19.1 Å². The molecular weight excluding hydrogens is 491 g/mol. The van der Waals surface area contributed by atoms with Gasteiger partial charge in [0.25, 0.3) is 0 Å². The molecule has 36 heavy (non-hydrogen) atoms. The summed E-state index contributed by atoms with van der Waals surface area (Å²) in [6, 6.07) is 8.59. The quantitative estimate of drug-likeness (QED) is 0.370. The molecule has 0 aliphatic heterocycles. The van der Waals surface area contributed by atoms with Crippen molar-refractivity contribution in [2.45, 2.75) is 57.2 Å². The molecule has 1 aliphatic rings. The Kier molecular flexibility index (Phi) is 6.03. The number of rotatable bonds is 5. The van der Waals surface area contributed by atoms with E-state index < -0.39 is 18.2 Å². The van der Waals surface area contributed by atoms with Gasteiger partial charge < -0.3 is 5.11 Å². The van der Waals surface area contributed by atoms with E-state index in [0.29, 0.717) is 39.1 Å². The Labute approximate surface area is 211 Å². The third-order valence-electron chi connectivity index (χ3n) is 7.03. The minimum Gasteiger partial charge on any atom is -0.374 e. The lowest BCUT2D eigenvalue weighted by Gasteiger charge is -2.31. The maximum absolute atomic E-state index is 13.5. The molecule has 10 heteroatoms. The molecule has 5 rings (SSSR count). The van der Waals surface area contributed by atoms with Gasteiger partial charge in [-0.1, -0.05) is 35.4 Å². The molecular formula is C26H25ClF3N5O. The minimum absolute atomic E-state index is 0.0115. The largest absolute Gasteiger partial charge is 0.393 e. The zero-order valence-electron chi connectivity index (χ0n) is 20.1. The SMILES string of the molecule is Cc1ccc(C(O)(c2ccc3nc(C4CCC4)c(CC(F)(F)F)c(Cl)c3c2)c2cnnn2C)c(C)n1. The fraction of sp³-hybridized carbons (Fsp3) is 0.385. The predicted molar refractivity (Wildman–Crippen MR) is 130 cm³/mol. The molecule has 1 saturated carbocycles. The number of nitrogens with zero attached hydrogens (tertiary/aromatic N) is 5. The van der Waals surface area contributed by atoms with Gasteiger partial charge in [0.1, 0.15) is 0 Å². The van der Waals surface area contributed by atoms with Crippen molar-refractivity contribution in [2.24, 2.45) is 7.05 Å². The van der Waals surface area contributed by atoms with Gasteiger partial charge in [0.15, 0.2) is 5.60 Å². The lowest BCUT2D eigenvalue weighted by atomic mass is 9.79. The second-order valence-electron chi connectivity index (χ2n) is 9.48. The first-order valence-corrected chi connectivity index (χ1v) is 12.1. The fourth-order valence-corrected chi connectivity index (χ4v) is 5.34. The molecule has 0 radical (unpaired) electrons. The van der Waals surface area contributed by atoms with Gasteiger partial charge in [0, 0.05) is 46.6 Å². The van der Waals surface area contributed by atoms with Crippen LogP contribution in [0.15, 0.2) is 36.5 Å². The van der Waals surface area contributed by atoms with Crippen LogP contribution >= 0.6 is 11.6 Å². The van der Waals surface area contributed by atoms with Gasteiger partial charge in [0.05, 0.1) is 28.9 Å². The van der Waals surface area contributed by atoms with Crippen molar-refractivity contribution < 1.29 is 18.3 Å². The van der Waals surface area contributed by atoms with Gasteiger partial charge in [-0.2, -0.15) is 13.2 Å². The molecule has 1 atom stereocenters. The molecule has 1 unspecified atom stereocenters. The van der Waals surface area contributed by atoms with Gasteiger partial charge in [0.2, 0.25) is 0 Å². The number of alkyl halides is 3. The molecule has 0 amide bonds. The number of benzene rings is 1. The van der Waals surface area contributed by atoms with E-state index in [2.05, 4.69) is 20.3 Å². The van der Waals surface area contributed by atoms with Crippen molar-refractivity contribution in [2.75, 3.05) is 0 Å². The van der Waals surface area contributed by atoms with Gasteiger partial charge in [-0.3, -0.25) is 9.97 Å². The fourth-order valence-electron chi connectivity index (χ4n) is 5.02. The van der Waals surface area contributed by atoms with Crippen LogP contribution < -0.4 is 0 Å². The normalized spacial score (nSPS) is 16.2. The van der Waals surface area contributed by atoms with E-state index >= 15 is 0 Å². The highest BCUT2D eigenvalue weighted by Gasteiger charge is 2.40. The lowest BCUT2D eigenvalue weighted by Crippen LogP contribution is -2.32. The highest BCUT2D eigenvalue weighted by molar-refractivity contribution is 6.36. The van der Waals surface area contributed by atoms with Crippen LogP contribution in [-0.4, -0.2) is 36.2 Å². The second kappa shape index (κ2) is 8.81. The zero-order valence-corrected chi connectivity index (χ0v) is 20.8. The second-order valence-corrected chi connectivity index (χ2v) is 9.86. The van der Waals surface area contributed by atoms with Crippen LogP contribution in [0.2, 0.25) is 5.02 Å². The van der Waals surface area contributed by atoms with E-state index in [4.69, 9.17) is 11.6 Å². The summed E-state index contributed by atoms with van der Waals surface area (Å²) >= 11 is 6.69. The number of hydrogen-bond acceptors (Lipinski definition) is 5. The van der Waals surface area contributed by atoms with Gasteiger partial charge in [-0.05, 0) is 50.5 Å². The van der Waals surface area contributed by atoms with Gasteiger partial charge in [-0.25, -0.2) is 4.68 Å². The van der Waals surface area contributed by atoms with Crippen molar-refractivity contribution in [3.05, 3.63) is 81.0 Å². The minimum atomic E-state index is -4.43. The van der Waals surface area contributed by atoms with Crippen molar-refractivity contribution in [3.63, 3.8) is 0 Å². The summed E-state index contributed by atoms with van der Waals surface area (Å²) < 4.78 is 42.1. The first kappa shape index (κ1) is 24.6. The van der Waals surface area contributed by atoms with Crippen LogP contribution in [0.4, 0.5) is 13.2 Å². The molecule has 3 aromatic heterocycles. The number of fused-ring (bicyclic) bond motifs is 1. The molecule has 4 aromatic rings. The number of aliphatic hydroxyl groups is 1. The van der Waals surface area contributed by atoms with E-state index in [1.54, 1.807) is 44.3 Å². The number of hydrogen-bond donors (Lipinski definition) is 1. The predicted octanol–water partition coefficient (Wildman–Crippen LogP) is 5.69. The summed E-state index contributed by atoms with van der Waals surface area (Å²) in [6.07, 6.45) is -1.57. The van der Waals surface area contributed by atoms with Crippen molar-refractivity contribution >= 4 is 22.5 Å². The van der Waals surface area contributed by atoms with Gasteiger partial charge >= 0.3 is 6.18 Å². The first-order valence-electron chi connectivity index (χ1n) is 11.7. The van der Waals surface area contributed by atoms with E-state index in [1.807, 2.05) is 6.92 Å². The number of aryl methyl sites for hydroxylation is 3. The third-order valence-corrected chi connectivity index (χ3v) is 7.47. The van der Waals surface area contributed by atoms with E-state index in [1.165, 1.54) is 10.9 Å². The maximum atomic E-state index is 13.5. The Hall–Kier alpha value is -3.04. The van der Waals surface area contributed by atoms with Crippen molar-refractivity contribution in [1.82, 2.24) is 25.0 Å². The summed E-state index contributed by atoms with van der Waals surface area (Å²) in [4.78, 5) is 9.15. The number of pyridine rings is 2. The molecule has 0 saturated heterocycles. The molecule has 0 spiro atoms. The average molecular weight is 516 g/mol. The van der Waals surface area contributed by atoms with Crippen LogP contribution in [0.5, 0.6) is 0 Å². The molecule has 6 nitrogen and oxygen atoms in total. The maximum Gasteiger partial charge on any atom is 0.393 e. The highest BCUT2D eigenvalue weighted by Crippen LogP contribution is 2.44. The number of halogens is 4. The number of aromatic nitrogens is 5. The highest BCUT2D eigenvalue weighted by atomic mass is 35.5. The van der Waals surface area contributed by atoms with E-state index in [9.17, 15) is 18.3 Å². The molecule has 188 valence electrons. The monoisotopic (exact) mass is 515 g/mol.